The second-order valence-electron chi connectivity index (χ2n) is 3.70. The van der Waals surface area contributed by atoms with Crippen LogP contribution in [-0.4, -0.2) is 9.97 Å². The average molecular weight is 260 g/mol. The summed E-state index contributed by atoms with van der Waals surface area (Å²) < 4.78 is 13.7. The fourth-order valence-electron chi connectivity index (χ4n) is 1.64. The van der Waals surface area contributed by atoms with Crippen LogP contribution in [0.2, 0.25) is 0 Å². The Kier molecular flexibility index (Phi) is 2.56. The number of anilines is 3. The van der Waals surface area contributed by atoms with E-state index in [1.807, 2.05) is 11.4 Å². The van der Waals surface area contributed by atoms with Crippen LogP contribution in [0.4, 0.5) is 21.8 Å². The molecule has 6 heteroatoms. The van der Waals surface area contributed by atoms with Gasteiger partial charge in [-0.25, -0.2) is 9.37 Å². The highest BCUT2D eigenvalue weighted by molar-refractivity contribution is 7.17. The normalized spacial score (nSPS) is 10.7. The zero-order valence-electron chi connectivity index (χ0n) is 9.22. The van der Waals surface area contributed by atoms with Crippen LogP contribution >= 0.6 is 11.3 Å². The number of hydrogen-bond donors (Lipinski definition) is 2. The number of benzene rings is 1. The Morgan fingerprint density at radius 2 is 1.89 bits per heavy atom. The van der Waals surface area contributed by atoms with Gasteiger partial charge in [0.25, 0.3) is 0 Å². The summed E-state index contributed by atoms with van der Waals surface area (Å²) in [7, 11) is 0. The van der Waals surface area contributed by atoms with Crippen LogP contribution in [0.5, 0.6) is 0 Å². The van der Waals surface area contributed by atoms with Gasteiger partial charge in [0.15, 0.2) is 5.82 Å². The fourth-order valence-corrected chi connectivity index (χ4v) is 2.41. The molecule has 0 aliphatic heterocycles. The molecule has 0 fully saturated rings. The van der Waals surface area contributed by atoms with Crippen LogP contribution in [0, 0.1) is 5.82 Å². The third-order valence-corrected chi connectivity index (χ3v) is 3.34. The predicted molar refractivity (Wildman–Crippen MR) is 71.5 cm³/mol. The van der Waals surface area contributed by atoms with Crippen LogP contribution in [0.1, 0.15) is 0 Å². The summed E-state index contributed by atoms with van der Waals surface area (Å²) in [5.74, 6) is 0.577. The van der Waals surface area contributed by atoms with Gasteiger partial charge in [0.05, 0.1) is 10.2 Å². The number of fused-ring (bicyclic) bond motifs is 1. The lowest BCUT2D eigenvalue weighted by atomic mass is 10.3. The van der Waals surface area contributed by atoms with Crippen molar-refractivity contribution in [2.24, 2.45) is 0 Å². The van der Waals surface area contributed by atoms with E-state index in [1.54, 1.807) is 12.1 Å². The van der Waals surface area contributed by atoms with E-state index in [4.69, 9.17) is 5.73 Å². The molecule has 0 amide bonds. The number of rotatable bonds is 2. The van der Waals surface area contributed by atoms with E-state index < -0.39 is 0 Å². The number of nitrogen functional groups attached to an aromatic ring is 1. The van der Waals surface area contributed by atoms with Gasteiger partial charge in [-0.15, -0.1) is 11.3 Å². The molecule has 0 radical (unpaired) electrons. The van der Waals surface area contributed by atoms with Gasteiger partial charge in [0.2, 0.25) is 5.95 Å². The highest BCUT2D eigenvalue weighted by atomic mass is 32.1. The Balaban J connectivity index is 2.03. The summed E-state index contributed by atoms with van der Waals surface area (Å²) in [6.07, 6.45) is 0. The predicted octanol–water partition coefficient (Wildman–Crippen LogP) is 3.16. The molecule has 0 aliphatic carbocycles. The van der Waals surface area contributed by atoms with Crippen molar-refractivity contribution in [3.8, 4) is 0 Å². The van der Waals surface area contributed by atoms with Crippen LogP contribution in [0.25, 0.3) is 10.2 Å². The van der Waals surface area contributed by atoms with Gasteiger partial charge in [0, 0.05) is 5.69 Å². The molecule has 3 aromatic rings. The van der Waals surface area contributed by atoms with Crippen LogP contribution in [0.3, 0.4) is 0 Å². The molecule has 0 aliphatic rings. The van der Waals surface area contributed by atoms with E-state index in [1.165, 1.54) is 23.5 Å². The number of nitrogens with one attached hydrogen (secondary N) is 1. The number of hydrogen-bond acceptors (Lipinski definition) is 5. The molecule has 0 saturated heterocycles. The first-order chi connectivity index (χ1) is 8.72. The maximum Gasteiger partial charge on any atom is 0.222 e. The highest BCUT2D eigenvalue weighted by Gasteiger charge is 2.07. The Hall–Kier alpha value is -2.21. The van der Waals surface area contributed by atoms with Crippen molar-refractivity contribution in [2.45, 2.75) is 0 Å². The summed E-state index contributed by atoms with van der Waals surface area (Å²) in [6, 6.07) is 7.95. The molecule has 0 bridgehead atoms. The summed E-state index contributed by atoms with van der Waals surface area (Å²) in [6.45, 7) is 0. The highest BCUT2D eigenvalue weighted by Crippen LogP contribution is 2.28. The molecule has 1 aromatic carbocycles. The Morgan fingerprint density at radius 3 is 2.67 bits per heavy atom. The van der Waals surface area contributed by atoms with Crippen molar-refractivity contribution in [3.63, 3.8) is 0 Å². The monoisotopic (exact) mass is 260 g/mol. The van der Waals surface area contributed by atoms with Gasteiger partial charge in [-0.3, -0.25) is 0 Å². The SMILES string of the molecule is Nc1nc(Nc2ccc(F)cc2)c2sccc2n1. The number of aromatic nitrogens is 2. The van der Waals surface area contributed by atoms with Gasteiger partial charge < -0.3 is 11.1 Å². The van der Waals surface area contributed by atoms with Crippen LogP contribution in [0.15, 0.2) is 35.7 Å². The van der Waals surface area contributed by atoms with Gasteiger partial charge in [0.1, 0.15) is 5.82 Å². The number of nitrogens with two attached hydrogens (primary N) is 1. The molecule has 90 valence electrons. The Labute approximate surface area is 106 Å². The quantitative estimate of drug-likeness (QED) is 0.743. The molecule has 0 spiro atoms. The summed E-state index contributed by atoms with van der Waals surface area (Å²) >= 11 is 1.53. The largest absolute Gasteiger partial charge is 0.368 e. The van der Waals surface area contributed by atoms with Gasteiger partial charge in [-0.1, -0.05) is 0 Å². The molecular formula is C12H9FN4S. The molecule has 0 unspecified atom stereocenters. The standard InChI is InChI=1S/C12H9FN4S/c13-7-1-3-8(4-2-7)15-11-10-9(5-6-18-10)16-12(14)17-11/h1-6H,(H3,14,15,16,17). The smallest absolute Gasteiger partial charge is 0.222 e. The molecule has 18 heavy (non-hydrogen) atoms. The van der Waals surface area contributed by atoms with Crippen molar-refractivity contribution in [1.82, 2.24) is 9.97 Å². The van der Waals surface area contributed by atoms with Crippen molar-refractivity contribution < 1.29 is 4.39 Å². The molecular weight excluding hydrogens is 251 g/mol. The summed E-state index contributed by atoms with van der Waals surface area (Å²) in [5.41, 5.74) is 7.20. The number of halogens is 1. The molecule has 3 rings (SSSR count). The third kappa shape index (κ3) is 1.98. The lowest BCUT2D eigenvalue weighted by Gasteiger charge is -2.06. The van der Waals surface area contributed by atoms with Crippen molar-refractivity contribution in [3.05, 3.63) is 41.5 Å². The maximum absolute atomic E-state index is 12.8. The van der Waals surface area contributed by atoms with Gasteiger partial charge in [-0.2, -0.15) is 4.98 Å². The first kappa shape index (κ1) is 10.9. The second kappa shape index (κ2) is 4.23. The van der Waals surface area contributed by atoms with E-state index >= 15 is 0 Å². The lowest BCUT2D eigenvalue weighted by molar-refractivity contribution is 0.628. The maximum atomic E-state index is 12.8. The zero-order chi connectivity index (χ0) is 12.5. The van der Waals surface area contributed by atoms with E-state index in [9.17, 15) is 4.39 Å². The van der Waals surface area contributed by atoms with Crippen LogP contribution < -0.4 is 11.1 Å². The minimum Gasteiger partial charge on any atom is -0.368 e. The van der Waals surface area contributed by atoms with Gasteiger partial charge >= 0.3 is 0 Å². The molecule has 3 N–H and O–H groups in total. The van der Waals surface area contributed by atoms with E-state index in [0.717, 1.165) is 15.9 Å². The van der Waals surface area contributed by atoms with Crippen molar-refractivity contribution in [2.75, 3.05) is 11.1 Å². The Bertz CT molecular complexity index is 693. The summed E-state index contributed by atoms with van der Waals surface area (Å²) in [4.78, 5) is 8.29. The average Bonchev–Trinajstić information content (AvgIpc) is 2.80. The Morgan fingerprint density at radius 1 is 1.11 bits per heavy atom. The molecule has 4 nitrogen and oxygen atoms in total. The first-order valence-electron chi connectivity index (χ1n) is 5.26. The number of nitrogens with zero attached hydrogens (tertiary/aromatic N) is 2. The molecule has 2 heterocycles. The minimum absolute atomic E-state index is 0.213. The minimum atomic E-state index is -0.274. The van der Waals surface area contributed by atoms with Crippen molar-refractivity contribution in [1.29, 1.82) is 0 Å². The van der Waals surface area contributed by atoms with Crippen molar-refractivity contribution >= 4 is 39.0 Å². The molecule has 2 aromatic heterocycles. The third-order valence-electron chi connectivity index (χ3n) is 2.43. The van der Waals surface area contributed by atoms with Gasteiger partial charge in [-0.05, 0) is 35.7 Å². The van der Waals surface area contributed by atoms with E-state index in [0.29, 0.717) is 5.82 Å². The molecule has 0 atom stereocenters. The second-order valence-corrected chi connectivity index (χ2v) is 4.61. The zero-order valence-corrected chi connectivity index (χ0v) is 10.0. The topological polar surface area (TPSA) is 63.8 Å². The van der Waals surface area contributed by atoms with Crippen LogP contribution in [-0.2, 0) is 0 Å². The first-order valence-corrected chi connectivity index (χ1v) is 6.13. The molecule has 0 saturated carbocycles. The number of thiophene rings is 1. The summed E-state index contributed by atoms with van der Waals surface area (Å²) in [5, 5.41) is 5.04. The van der Waals surface area contributed by atoms with E-state index in [2.05, 4.69) is 15.3 Å². The van der Waals surface area contributed by atoms with E-state index in [-0.39, 0.29) is 11.8 Å². The lowest BCUT2D eigenvalue weighted by Crippen LogP contribution is -2.00. The fraction of sp³-hybridized carbons (Fsp3) is 0.